The summed E-state index contributed by atoms with van der Waals surface area (Å²) in [7, 11) is 0. The van der Waals surface area contributed by atoms with Crippen LogP contribution in [0.25, 0.3) is 0 Å². The molecule has 0 saturated heterocycles. The Balaban J connectivity index is 2.02. The second kappa shape index (κ2) is 6.25. The summed E-state index contributed by atoms with van der Waals surface area (Å²) in [6.07, 6.45) is 1.13. The second-order valence-electron chi connectivity index (χ2n) is 4.77. The predicted molar refractivity (Wildman–Crippen MR) is 74.1 cm³/mol. The molecule has 112 valence electrons. The number of aliphatic carboxylic acids is 1. The Kier molecular flexibility index (Phi) is 4.42. The number of benzene rings is 1. The number of hydrogen-bond acceptors (Lipinski definition) is 4. The van der Waals surface area contributed by atoms with Crippen molar-refractivity contribution in [2.75, 3.05) is 11.9 Å². The molecule has 7 heteroatoms. The number of carboxylic acids is 1. The molecule has 1 aromatic carbocycles. The van der Waals surface area contributed by atoms with Crippen molar-refractivity contribution in [2.45, 2.75) is 25.8 Å². The van der Waals surface area contributed by atoms with E-state index in [0.29, 0.717) is 24.3 Å². The van der Waals surface area contributed by atoms with Gasteiger partial charge < -0.3 is 20.5 Å². The van der Waals surface area contributed by atoms with E-state index in [4.69, 9.17) is 9.84 Å². The van der Waals surface area contributed by atoms with E-state index in [1.54, 1.807) is 12.1 Å². The highest BCUT2D eigenvalue weighted by molar-refractivity contribution is 5.94. The van der Waals surface area contributed by atoms with E-state index in [1.807, 2.05) is 6.07 Å². The fourth-order valence-corrected chi connectivity index (χ4v) is 2.04. The number of carbonyl (C=O) groups is 3. The first-order chi connectivity index (χ1) is 9.95. The van der Waals surface area contributed by atoms with Crippen LogP contribution in [0.2, 0.25) is 0 Å². The summed E-state index contributed by atoms with van der Waals surface area (Å²) >= 11 is 0. The van der Waals surface area contributed by atoms with Gasteiger partial charge in [0.05, 0.1) is 0 Å². The lowest BCUT2D eigenvalue weighted by molar-refractivity contribution is -0.142. The quantitative estimate of drug-likeness (QED) is 0.734. The van der Waals surface area contributed by atoms with Gasteiger partial charge in [0.1, 0.15) is 12.4 Å². The molecule has 3 N–H and O–H groups in total. The van der Waals surface area contributed by atoms with Crippen LogP contribution in [-0.2, 0) is 20.8 Å². The molecule has 1 aliphatic rings. The van der Waals surface area contributed by atoms with Crippen molar-refractivity contribution in [3.63, 3.8) is 0 Å². The summed E-state index contributed by atoms with van der Waals surface area (Å²) in [6.45, 7) is 1.05. The van der Waals surface area contributed by atoms with Gasteiger partial charge in [-0.3, -0.25) is 9.59 Å². The lowest BCUT2D eigenvalue weighted by Gasteiger charge is -2.19. The zero-order valence-electron chi connectivity index (χ0n) is 11.5. The van der Waals surface area contributed by atoms with Gasteiger partial charge in [0.2, 0.25) is 11.8 Å². The molecule has 0 spiro atoms. The first-order valence-electron chi connectivity index (χ1n) is 6.51. The van der Waals surface area contributed by atoms with Crippen LogP contribution in [0.5, 0.6) is 5.75 Å². The van der Waals surface area contributed by atoms with Crippen LogP contribution in [-0.4, -0.2) is 35.5 Å². The third-order valence-electron chi connectivity index (χ3n) is 3.07. The molecule has 1 heterocycles. The molecule has 7 nitrogen and oxygen atoms in total. The average Bonchev–Trinajstić information content (AvgIpc) is 2.42. The number of hydrogen-bond donors (Lipinski definition) is 3. The van der Waals surface area contributed by atoms with E-state index in [2.05, 4.69) is 10.6 Å². The number of amides is 2. The lowest BCUT2D eigenvalue weighted by atomic mass is 10.0. The number of ether oxygens (including phenoxy) is 1. The van der Waals surface area contributed by atoms with Gasteiger partial charge in [-0.15, -0.1) is 0 Å². The minimum absolute atomic E-state index is 0.0543. The maximum atomic E-state index is 11.3. The predicted octanol–water partition coefficient (Wildman–Crippen LogP) is 0.539. The summed E-state index contributed by atoms with van der Waals surface area (Å²) < 4.78 is 5.38. The van der Waals surface area contributed by atoms with Crippen molar-refractivity contribution in [3.05, 3.63) is 23.8 Å². The smallest absolute Gasteiger partial charge is 0.329 e. The van der Waals surface area contributed by atoms with E-state index in [-0.39, 0.29) is 12.5 Å². The summed E-state index contributed by atoms with van der Waals surface area (Å²) in [6, 6.07) is 4.08. The molecular formula is C14H16N2O5. The van der Waals surface area contributed by atoms with Gasteiger partial charge in [-0.1, -0.05) is 6.07 Å². The molecule has 1 unspecified atom stereocenters. The first kappa shape index (κ1) is 14.8. The van der Waals surface area contributed by atoms with Crippen LogP contribution in [0.1, 0.15) is 18.9 Å². The van der Waals surface area contributed by atoms with Crippen molar-refractivity contribution in [1.29, 1.82) is 0 Å². The Labute approximate surface area is 121 Å². The maximum absolute atomic E-state index is 11.3. The third-order valence-corrected chi connectivity index (χ3v) is 3.07. The summed E-state index contributed by atoms with van der Waals surface area (Å²) in [5.41, 5.74) is 1.69. The van der Waals surface area contributed by atoms with Crippen LogP contribution < -0.4 is 15.4 Å². The highest BCUT2D eigenvalue weighted by atomic mass is 16.5. The molecule has 1 aliphatic heterocycles. The molecule has 0 saturated carbocycles. The number of anilines is 1. The number of rotatable bonds is 5. The van der Waals surface area contributed by atoms with Crippen LogP contribution in [0.4, 0.5) is 5.69 Å². The molecule has 0 aromatic heterocycles. The van der Waals surface area contributed by atoms with Gasteiger partial charge in [-0.05, 0) is 18.1 Å². The fourth-order valence-electron chi connectivity index (χ4n) is 2.04. The Hall–Kier alpha value is -2.57. The van der Waals surface area contributed by atoms with E-state index in [9.17, 15) is 14.4 Å². The van der Waals surface area contributed by atoms with E-state index in [0.717, 1.165) is 5.56 Å². The van der Waals surface area contributed by atoms with Gasteiger partial charge >= 0.3 is 5.97 Å². The molecule has 1 atom stereocenters. The minimum Gasteiger partial charge on any atom is -0.491 e. The van der Waals surface area contributed by atoms with Crippen molar-refractivity contribution in [3.8, 4) is 5.75 Å². The highest BCUT2D eigenvalue weighted by Gasteiger charge is 2.20. The molecule has 0 aliphatic carbocycles. The standard InChI is InChI=1S/C14H16N2O5/c1-8(17)15-12(14(19)20)7-21-10-4-2-9-3-5-13(18)16-11(9)6-10/h2,4,6,12H,3,5,7H2,1H3,(H,15,17)(H,16,18)(H,19,20). The van der Waals surface area contributed by atoms with Crippen molar-refractivity contribution in [1.82, 2.24) is 5.32 Å². The summed E-state index contributed by atoms with van der Waals surface area (Å²) in [5, 5.41) is 14.0. The molecule has 0 radical (unpaired) electrons. The first-order valence-corrected chi connectivity index (χ1v) is 6.51. The molecule has 21 heavy (non-hydrogen) atoms. The van der Waals surface area contributed by atoms with Gasteiger partial charge in [0.25, 0.3) is 0 Å². The van der Waals surface area contributed by atoms with Gasteiger partial charge in [0, 0.05) is 25.1 Å². The molecule has 2 amide bonds. The zero-order valence-corrected chi connectivity index (χ0v) is 11.5. The third kappa shape index (κ3) is 3.95. The Morgan fingerprint density at radius 1 is 1.43 bits per heavy atom. The van der Waals surface area contributed by atoms with Gasteiger partial charge in [-0.25, -0.2) is 4.79 Å². The summed E-state index contributed by atoms with van der Waals surface area (Å²) in [5.74, 6) is -1.23. The monoisotopic (exact) mass is 292 g/mol. The Bertz CT molecular complexity index is 585. The van der Waals surface area contributed by atoms with Crippen molar-refractivity contribution < 1.29 is 24.2 Å². The summed E-state index contributed by atoms with van der Waals surface area (Å²) in [4.78, 5) is 33.2. The molecule has 0 bridgehead atoms. The van der Waals surface area contributed by atoms with E-state index in [1.165, 1.54) is 6.92 Å². The largest absolute Gasteiger partial charge is 0.491 e. The average molecular weight is 292 g/mol. The van der Waals surface area contributed by atoms with Gasteiger partial charge in [-0.2, -0.15) is 0 Å². The van der Waals surface area contributed by atoms with Crippen LogP contribution in [0.15, 0.2) is 18.2 Å². The van der Waals surface area contributed by atoms with Crippen molar-refractivity contribution in [2.24, 2.45) is 0 Å². The Morgan fingerprint density at radius 2 is 2.19 bits per heavy atom. The minimum atomic E-state index is -1.17. The normalized spacial score (nSPS) is 14.6. The number of carboxylic acid groups (broad SMARTS) is 1. The molecule has 1 aromatic rings. The second-order valence-corrected chi connectivity index (χ2v) is 4.77. The maximum Gasteiger partial charge on any atom is 0.329 e. The number of carbonyl (C=O) groups excluding carboxylic acids is 2. The zero-order chi connectivity index (χ0) is 15.4. The number of nitrogens with one attached hydrogen (secondary N) is 2. The Morgan fingerprint density at radius 3 is 2.86 bits per heavy atom. The highest BCUT2D eigenvalue weighted by Crippen LogP contribution is 2.27. The van der Waals surface area contributed by atoms with Crippen molar-refractivity contribution >= 4 is 23.5 Å². The van der Waals surface area contributed by atoms with E-state index >= 15 is 0 Å². The molecule has 0 fully saturated rings. The van der Waals surface area contributed by atoms with Crippen LogP contribution >= 0.6 is 0 Å². The number of aryl methyl sites for hydroxylation is 1. The van der Waals surface area contributed by atoms with Gasteiger partial charge in [0.15, 0.2) is 6.04 Å². The topological polar surface area (TPSA) is 105 Å². The molecule has 2 rings (SSSR count). The molecular weight excluding hydrogens is 276 g/mol. The SMILES string of the molecule is CC(=O)NC(COc1ccc2c(c1)NC(=O)CC2)C(=O)O. The lowest BCUT2D eigenvalue weighted by Crippen LogP contribution is -2.43. The van der Waals surface area contributed by atoms with E-state index < -0.39 is 17.9 Å². The fraction of sp³-hybridized carbons (Fsp3) is 0.357. The van der Waals surface area contributed by atoms with Crippen LogP contribution in [0.3, 0.4) is 0 Å². The van der Waals surface area contributed by atoms with Crippen LogP contribution in [0, 0.1) is 0 Å². The number of fused-ring (bicyclic) bond motifs is 1.